The number of hydrogen-bond acceptors (Lipinski definition) is 6. The lowest BCUT2D eigenvalue weighted by molar-refractivity contribution is -0.128. The van der Waals surface area contributed by atoms with Gasteiger partial charge in [-0.2, -0.15) is 15.0 Å². The Balaban J connectivity index is 1.32. The van der Waals surface area contributed by atoms with Crippen molar-refractivity contribution < 1.29 is 18.7 Å². The lowest BCUT2D eigenvalue weighted by Gasteiger charge is -2.24. The number of nitrogens with one attached hydrogen (secondary N) is 1. The minimum Gasteiger partial charge on any atom is -0.457 e. The third-order valence-corrected chi connectivity index (χ3v) is 6.53. The minimum absolute atomic E-state index is 0.189. The number of amides is 2. The Kier molecular flexibility index (Phi) is 7.76. The Hall–Kier alpha value is -4.08. The Labute approximate surface area is 224 Å². The number of ether oxygens (including phenoxy) is 1. The predicted molar refractivity (Wildman–Crippen MR) is 140 cm³/mol. The van der Waals surface area contributed by atoms with Crippen molar-refractivity contribution in [3.63, 3.8) is 0 Å². The third-order valence-electron chi connectivity index (χ3n) is 6.29. The number of hydrogen-bond donors (Lipinski definition) is 1. The quantitative estimate of drug-likeness (QED) is 0.355. The first-order valence-electron chi connectivity index (χ1n) is 12.2. The average molecular weight is 534 g/mol. The number of carbonyl (C=O) groups is 2. The third kappa shape index (κ3) is 6.24. The van der Waals surface area contributed by atoms with Crippen LogP contribution in [-0.2, 0) is 22.6 Å². The van der Waals surface area contributed by atoms with Crippen molar-refractivity contribution in [3.05, 3.63) is 102 Å². The second kappa shape index (κ2) is 11.5. The van der Waals surface area contributed by atoms with Gasteiger partial charge in [0.1, 0.15) is 23.9 Å². The van der Waals surface area contributed by atoms with E-state index in [0.29, 0.717) is 35.2 Å². The van der Waals surface area contributed by atoms with Gasteiger partial charge in [0.25, 0.3) is 11.8 Å². The predicted octanol–water partition coefficient (Wildman–Crippen LogP) is 4.64. The Morgan fingerprint density at radius 2 is 1.71 bits per heavy atom. The van der Waals surface area contributed by atoms with Crippen molar-refractivity contribution in [2.24, 2.45) is 5.92 Å². The highest BCUT2D eigenvalue weighted by atomic mass is 35.5. The summed E-state index contributed by atoms with van der Waals surface area (Å²) in [5.41, 5.74) is 1.51. The van der Waals surface area contributed by atoms with Crippen molar-refractivity contribution >= 4 is 29.1 Å². The van der Waals surface area contributed by atoms with Crippen molar-refractivity contribution in [1.82, 2.24) is 20.3 Å². The second-order valence-corrected chi connectivity index (χ2v) is 9.51. The van der Waals surface area contributed by atoms with E-state index >= 15 is 0 Å². The van der Waals surface area contributed by atoms with Crippen LogP contribution in [0.4, 0.5) is 10.1 Å². The van der Waals surface area contributed by atoms with E-state index < -0.39 is 11.9 Å². The summed E-state index contributed by atoms with van der Waals surface area (Å²) in [6.07, 6.45) is 4.30. The molecule has 1 N–H and O–H groups in total. The highest BCUT2D eigenvalue weighted by molar-refractivity contribution is 6.30. The average Bonchev–Trinajstić information content (AvgIpc) is 3.59. The summed E-state index contributed by atoms with van der Waals surface area (Å²) < 4.78 is 18.9. The van der Waals surface area contributed by atoms with Crippen LogP contribution in [0.25, 0.3) is 0 Å². The van der Waals surface area contributed by atoms with Crippen molar-refractivity contribution in [2.45, 2.75) is 25.4 Å². The van der Waals surface area contributed by atoms with E-state index in [1.807, 2.05) is 24.3 Å². The Morgan fingerprint density at radius 1 is 1.03 bits per heavy atom. The molecule has 2 atom stereocenters. The van der Waals surface area contributed by atoms with Crippen LogP contribution in [0, 0.1) is 11.7 Å². The number of imide groups is 1. The maximum atomic E-state index is 13.7. The van der Waals surface area contributed by atoms with Crippen molar-refractivity contribution in [3.8, 4) is 11.5 Å². The van der Waals surface area contributed by atoms with Gasteiger partial charge in [-0.1, -0.05) is 23.7 Å². The number of halogens is 2. The van der Waals surface area contributed by atoms with Gasteiger partial charge in [0.05, 0.1) is 24.1 Å². The molecule has 0 saturated carbocycles. The van der Waals surface area contributed by atoms with E-state index in [4.69, 9.17) is 16.3 Å². The largest absolute Gasteiger partial charge is 0.457 e. The van der Waals surface area contributed by atoms with Gasteiger partial charge in [-0.15, -0.1) is 0 Å². The van der Waals surface area contributed by atoms with Gasteiger partial charge in [-0.3, -0.25) is 9.59 Å². The lowest BCUT2D eigenvalue weighted by Crippen LogP contribution is -2.48. The Morgan fingerprint density at radius 3 is 2.39 bits per heavy atom. The highest BCUT2D eigenvalue weighted by Crippen LogP contribution is 2.27. The van der Waals surface area contributed by atoms with Gasteiger partial charge < -0.3 is 10.1 Å². The SMILES string of the molecule is O=C(Cn1nccn1)N(C(=O)C1CC(Cc2cccc(Cl)c2)CN1)c1ccc(Oc2ccc(F)cc2)cc1. The van der Waals surface area contributed by atoms with Crippen molar-refractivity contribution in [1.29, 1.82) is 0 Å². The van der Waals surface area contributed by atoms with Gasteiger partial charge in [-0.25, -0.2) is 9.29 Å². The number of aromatic nitrogens is 3. The first-order valence-corrected chi connectivity index (χ1v) is 12.5. The monoisotopic (exact) mass is 533 g/mol. The fourth-order valence-corrected chi connectivity index (χ4v) is 4.73. The molecule has 38 heavy (non-hydrogen) atoms. The summed E-state index contributed by atoms with van der Waals surface area (Å²) in [5.74, 6) is 0.00536. The minimum atomic E-state index is -0.524. The topological polar surface area (TPSA) is 89.4 Å². The first kappa shape index (κ1) is 25.6. The molecular formula is C28H25ClFN5O3. The molecule has 1 aliphatic heterocycles. The molecule has 3 aromatic carbocycles. The van der Waals surface area contributed by atoms with Gasteiger partial charge >= 0.3 is 0 Å². The van der Waals surface area contributed by atoms with Crippen LogP contribution in [0.15, 0.2) is 85.2 Å². The fourth-order valence-electron chi connectivity index (χ4n) is 4.52. The molecule has 8 nitrogen and oxygen atoms in total. The number of anilines is 1. The van der Waals surface area contributed by atoms with E-state index in [2.05, 4.69) is 15.5 Å². The van der Waals surface area contributed by atoms with Crippen LogP contribution in [0.3, 0.4) is 0 Å². The van der Waals surface area contributed by atoms with Crippen LogP contribution in [-0.4, -0.2) is 39.4 Å². The number of carbonyl (C=O) groups excluding carboxylic acids is 2. The summed E-state index contributed by atoms with van der Waals surface area (Å²) in [5, 5.41) is 12.0. The van der Waals surface area contributed by atoms with Gasteiger partial charge in [0, 0.05) is 5.02 Å². The van der Waals surface area contributed by atoms with E-state index in [9.17, 15) is 14.0 Å². The smallest absolute Gasteiger partial charge is 0.257 e. The molecule has 2 unspecified atom stereocenters. The zero-order chi connectivity index (χ0) is 26.5. The normalized spacial score (nSPS) is 16.8. The van der Waals surface area contributed by atoms with Crippen LogP contribution in [0.1, 0.15) is 12.0 Å². The highest BCUT2D eigenvalue weighted by Gasteiger charge is 2.35. The van der Waals surface area contributed by atoms with Gasteiger partial charge in [-0.05, 0) is 91.5 Å². The van der Waals surface area contributed by atoms with E-state index in [-0.39, 0.29) is 24.2 Å². The molecule has 1 aromatic heterocycles. The maximum absolute atomic E-state index is 13.7. The van der Waals surface area contributed by atoms with Crippen LogP contribution in [0.2, 0.25) is 5.02 Å². The summed E-state index contributed by atoms with van der Waals surface area (Å²) in [6.45, 7) is 0.460. The van der Waals surface area contributed by atoms with Crippen LogP contribution in [0.5, 0.6) is 11.5 Å². The lowest BCUT2D eigenvalue weighted by atomic mass is 9.96. The number of benzene rings is 3. The molecule has 194 valence electrons. The molecule has 1 saturated heterocycles. The molecule has 2 heterocycles. The molecule has 2 amide bonds. The number of nitrogens with zero attached hydrogens (tertiary/aromatic N) is 4. The molecule has 0 bridgehead atoms. The van der Waals surface area contributed by atoms with Crippen LogP contribution >= 0.6 is 11.6 Å². The number of rotatable bonds is 8. The zero-order valence-electron chi connectivity index (χ0n) is 20.3. The molecule has 1 aliphatic rings. The first-order chi connectivity index (χ1) is 18.4. The zero-order valence-corrected chi connectivity index (χ0v) is 21.1. The van der Waals surface area contributed by atoms with Crippen molar-refractivity contribution in [2.75, 3.05) is 11.4 Å². The van der Waals surface area contributed by atoms with Gasteiger partial charge in [0.15, 0.2) is 0 Å². The molecule has 0 aliphatic carbocycles. The summed E-state index contributed by atoms with van der Waals surface area (Å²) in [4.78, 5) is 29.4. The molecule has 0 radical (unpaired) electrons. The Bertz CT molecular complexity index is 1400. The van der Waals surface area contributed by atoms with E-state index in [0.717, 1.165) is 12.0 Å². The molecule has 5 rings (SSSR count). The molecule has 0 spiro atoms. The molecule has 4 aromatic rings. The maximum Gasteiger partial charge on any atom is 0.257 e. The van der Waals surface area contributed by atoms with Gasteiger partial charge in [0.2, 0.25) is 0 Å². The fraction of sp³-hybridized carbons (Fsp3) is 0.214. The summed E-state index contributed by atoms with van der Waals surface area (Å²) in [6, 6.07) is 19.4. The van der Waals surface area contributed by atoms with E-state index in [1.54, 1.807) is 24.3 Å². The molecule has 10 heteroatoms. The standard InChI is InChI=1S/C28H25ClFN5O3/c29-21-3-1-2-19(15-21)14-20-16-26(31-17-20)28(37)35(27(36)18-34-32-12-13-33-34)23-6-10-25(11-7-23)38-24-8-4-22(30)5-9-24/h1-13,15,20,26,31H,14,16-18H2. The van der Waals surface area contributed by atoms with E-state index in [1.165, 1.54) is 46.4 Å². The molecule has 1 fully saturated rings. The summed E-state index contributed by atoms with van der Waals surface area (Å²) in [7, 11) is 0. The molecular weight excluding hydrogens is 509 g/mol. The second-order valence-electron chi connectivity index (χ2n) is 9.07. The summed E-state index contributed by atoms with van der Waals surface area (Å²) >= 11 is 6.12. The van der Waals surface area contributed by atoms with Crippen LogP contribution < -0.4 is 15.0 Å².